The fourth-order valence-corrected chi connectivity index (χ4v) is 1.64. The Labute approximate surface area is 95.8 Å². The molecule has 0 saturated carbocycles. The maximum absolute atomic E-state index is 10.9. The van der Waals surface area contributed by atoms with Gasteiger partial charge in [-0.2, -0.15) is 0 Å². The number of carbonyl (C=O) groups excluding carboxylic acids is 2. The summed E-state index contributed by atoms with van der Waals surface area (Å²) in [6, 6.07) is -0.509. The summed E-state index contributed by atoms with van der Waals surface area (Å²) in [7, 11) is 5.69. The van der Waals surface area contributed by atoms with Crippen molar-refractivity contribution in [3.63, 3.8) is 0 Å². The van der Waals surface area contributed by atoms with Gasteiger partial charge in [-0.25, -0.2) is 0 Å². The number of hydrogen-bond donors (Lipinski definition) is 0. The van der Waals surface area contributed by atoms with E-state index in [-0.39, 0.29) is 12.5 Å². The number of ether oxygens (including phenoxy) is 3. The summed E-state index contributed by atoms with van der Waals surface area (Å²) in [6.45, 7) is 4.50. The van der Waals surface area contributed by atoms with Gasteiger partial charge in [0.15, 0.2) is 0 Å². The third-order valence-corrected chi connectivity index (χ3v) is 2.49. The van der Waals surface area contributed by atoms with Crippen LogP contribution in [-0.2, 0) is 23.8 Å². The van der Waals surface area contributed by atoms with Gasteiger partial charge in [0.2, 0.25) is 0 Å². The molecular formula is C10H15BO5. The first kappa shape index (κ1) is 13.0. The molecule has 2 radical (unpaired) electrons. The molecule has 0 N–H and O–H groups in total. The Bertz CT molecular complexity index is 280. The predicted molar refractivity (Wildman–Crippen MR) is 55.8 cm³/mol. The Morgan fingerprint density at radius 3 is 2.44 bits per heavy atom. The molecule has 1 aliphatic heterocycles. The zero-order valence-electron chi connectivity index (χ0n) is 9.64. The van der Waals surface area contributed by atoms with E-state index in [9.17, 15) is 9.59 Å². The standard InChI is InChI=1S/C10H15BO5/c1-5-9(15-7(3)13)8(16-10(5)11)4-14-6(2)12/h5,8-10H,4H2,1-3H3/t5-,8-,9+,10-/m0/s1. The highest BCUT2D eigenvalue weighted by Gasteiger charge is 2.41. The van der Waals surface area contributed by atoms with Gasteiger partial charge < -0.3 is 14.2 Å². The highest BCUT2D eigenvalue weighted by atomic mass is 16.6. The topological polar surface area (TPSA) is 61.8 Å². The zero-order chi connectivity index (χ0) is 12.3. The minimum absolute atomic E-state index is 0.0469. The van der Waals surface area contributed by atoms with Gasteiger partial charge in [0.25, 0.3) is 0 Å². The van der Waals surface area contributed by atoms with Crippen molar-refractivity contribution in [2.24, 2.45) is 5.92 Å². The summed E-state index contributed by atoms with van der Waals surface area (Å²) in [5.41, 5.74) is 0. The molecule has 0 spiro atoms. The van der Waals surface area contributed by atoms with E-state index in [2.05, 4.69) is 0 Å². The van der Waals surface area contributed by atoms with Crippen LogP contribution in [0.5, 0.6) is 0 Å². The maximum atomic E-state index is 10.9. The second-order valence-electron chi connectivity index (χ2n) is 3.87. The van der Waals surface area contributed by atoms with Crippen molar-refractivity contribution < 1.29 is 23.8 Å². The van der Waals surface area contributed by atoms with Crippen LogP contribution in [0.1, 0.15) is 20.8 Å². The van der Waals surface area contributed by atoms with Crippen molar-refractivity contribution in [3.05, 3.63) is 0 Å². The minimum Gasteiger partial charge on any atom is -0.463 e. The van der Waals surface area contributed by atoms with Crippen molar-refractivity contribution >= 4 is 19.8 Å². The molecule has 0 unspecified atom stereocenters. The summed E-state index contributed by atoms with van der Waals surface area (Å²) >= 11 is 0. The molecule has 4 atom stereocenters. The van der Waals surface area contributed by atoms with Crippen molar-refractivity contribution in [1.82, 2.24) is 0 Å². The third-order valence-electron chi connectivity index (χ3n) is 2.49. The molecule has 1 aliphatic rings. The predicted octanol–water partition coefficient (Wildman–Crippen LogP) is 0.0107. The van der Waals surface area contributed by atoms with Crippen molar-refractivity contribution in [1.29, 1.82) is 0 Å². The quantitative estimate of drug-likeness (QED) is 0.501. The van der Waals surface area contributed by atoms with Crippen LogP contribution < -0.4 is 0 Å². The molecule has 0 aliphatic carbocycles. The van der Waals surface area contributed by atoms with Crippen LogP contribution in [0.3, 0.4) is 0 Å². The average Bonchev–Trinajstić information content (AvgIpc) is 2.42. The number of rotatable bonds is 3. The van der Waals surface area contributed by atoms with Crippen molar-refractivity contribution in [2.75, 3.05) is 6.61 Å². The van der Waals surface area contributed by atoms with Gasteiger partial charge in [-0.3, -0.25) is 9.59 Å². The number of hydrogen-bond acceptors (Lipinski definition) is 5. The van der Waals surface area contributed by atoms with Gasteiger partial charge in [0.05, 0.1) is 0 Å². The average molecular weight is 226 g/mol. The second kappa shape index (κ2) is 5.34. The van der Waals surface area contributed by atoms with Crippen molar-refractivity contribution in [2.45, 2.75) is 39.0 Å². The summed E-state index contributed by atoms with van der Waals surface area (Å²) in [5, 5.41) is 0. The molecule has 1 rings (SSSR count). The lowest BCUT2D eigenvalue weighted by atomic mass is 9.86. The summed E-state index contributed by atoms with van der Waals surface area (Å²) in [4.78, 5) is 21.6. The van der Waals surface area contributed by atoms with Crippen LogP contribution in [0.4, 0.5) is 0 Å². The van der Waals surface area contributed by atoms with E-state index in [0.29, 0.717) is 0 Å². The molecule has 1 heterocycles. The molecule has 0 aromatic heterocycles. The Morgan fingerprint density at radius 2 is 1.94 bits per heavy atom. The molecule has 0 bridgehead atoms. The van der Waals surface area contributed by atoms with Gasteiger partial charge in [-0.15, -0.1) is 0 Å². The molecule has 0 amide bonds. The molecule has 1 fully saturated rings. The SMILES string of the molecule is [B][C@H]1O[C@@H](COC(C)=O)[C@H](OC(C)=O)[C@@H]1C. The summed E-state index contributed by atoms with van der Waals surface area (Å²) in [6.07, 6.45) is -0.954. The van der Waals surface area contributed by atoms with Crippen LogP contribution in [-0.4, -0.2) is 44.6 Å². The first-order valence-electron chi connectivity index (χ1n) is 5.13. The lowest BCUT2D eigenvalue weighted by molar-refractivity contribution is -0.155. The molecule has 88 valence electrons. The van der Waals surface area contributed by atoms with Gasteiger partial charge in [0.1, 0.15) is 26.7 Å². The highest BCUT2D eigenvalue weighted by molar-refractivity contribution is 6.11. The first-order chi connectivity index (χ1) is 7.41. The van der Waals surface area contributed by atoms with E-state index in [4.69, 9.17) is 22.1 Å². The minimum atomic E-state index is -0.509. The lowest BCUT2D eigenvalue weighted by Crippen LogP contribution is -2.34. The number of carbonyl (C=O) groups is 2. The summed E-state index contributed by atoms with van der Waals surface area (Å²) < 4.78 is 15.3. The summed E-state index contributed by atoms with van der Waals surface area (Å²) in [5.74, 6) is -0.926. The maximum Gasteiger partial charge on any atom is 0.303 e. The van der Waals surface area contributed by atoms with E-state index in [1.807, 2.05) is 6.92 Å². The third kappa shape index (κ3) is 3.23. The molecule has 0 aromatic carbocycles. The van der Waals surface area contributed by atoms with Crippen LogP contribution in [0.2, 0.25) is 0 Å². The molecule has 0 aromatic rings. The van der Waals surface area contributed by atoms with Gasteiger partial charge in [-0.1, -0.05) is 6.92 Å². The fraction of sp³-hybridized carbons (Fsp3) is 0.800. The van der Waals surface area contributed by atoms with Gasteiger partial charge in [-0.05, 0) is 0 Å². The molecular weight excluding hydrogens is 211 g/mol. The molecule has 5 nitrogen and oxygen atoms in total. The monoisotopic (exact) mass is 226 g/mol. The Kier molecular flexibility index (Phi) is 4.35. The zero-order valence-corrected chi connectivity index (χ0v) is 9.64. The Balaban J connectivity index is 2.59. The second-order valence-corrected chi connectivity index (χ2v) is 3.87. The van der Waals surface area contributed by atoms with E-state index >= 15 is 0 Å². The van der Waals surface area contributed by atoms with Crippen LogP contribution in [0.25, 0.3) is 0 Å². The highest BCUT2D eigenvalue weighted by Crippen LogP contribution is 2.28. The van der Waals surface area contributed by atoms with Crippen LogP contribution >= 0.6 is 0 Å². The Morgan fingerprint density at radius 1 is 1.31 bits per heavy atom. The van der Waals surface area contributed by atoms with Crippen LogP contribution in [0.15, 0.2) is 0 Å². The van der Waals surface area contributed by atoms with Gasteiger partial charge in [0, 0.05) is 25.8 Å². The molecule has 16 heavy (non-hydrogen) atoms. The first-order valence-corrected chi connectivity index (χ1v) is 5.13. The van der Waals surface area contributed by atoms with Crippen molar-refractivity contribution in [3.8, 4) is 0 Å². The Hall–Kier alpha value is -1.04. The smallest absolute Gasteiger partial charge is 0.303 e. The lowest BCUT2D eigenvalue weighted by Gasteiger charge is -2.20. The van der Waals surface area contributed by atoms with E-state index in [0.717, 1.165) is 0 Å². The van der Waals surface area contributed by atoms with Gasteiger partial charge >= 0.3 is 11.9 Å². The molecule has 6 heteroatoms. The molecule has 1 saturated heterocycles. The largest absolute Gasteiger partial charge is 0.463 e. The fourth-order valence-electron chi connectivity index (χ4n) is 1.64. The van der Waals surface area contributed by atoms with Crippen LogP contribution in [0, 0.1) is 5.92 Å². The van der Waals surface area contributed by atoms with E-state index < -0.39 is 30.1 Å². The van der Waals surface area contributed by atoms with E-state index in [1.165, 1.54) is 13.8 Å². The normalized spacial score (nSPS) is 33.4. The number of esters is 2. The van der Waals surface area contributed by atoms with E-state index in [1.54, 1.807) is 0 Å².